The third-order valence-electron chi connectivity index (χ3n) is 2.94. The molecule has 0 aliphatic heterocycles. The highest BCUT2D eigenvalue weighted by atomic mass is 16.5. The summed E-state index contributed by atoms with van der Waals surface area (Å²) in [6.45, 7) is 10.5. The lowest BCUT2D eigenvalue weighted by Gasteiger charge is -2.11. The van der Waals surface area contributed by atoms with E-state index in [0.717, 1.165) is 25.3 Å². The Kier molecular flexibility index (Phi) is 6.06. The fourth-order valence-electron chi connectivity index (χ4n) is 1.68. The van der Waals surface area contributed by atoms with Crippen LogP contribution in [0.4, 0.5) is 0 Å². The van der Waals surface area contributed by atoms with Crippen LogP contribution in [0.2, 0.25) is 0 Å². The maximum absolute atomic E-state index is 5.80. The molecule has 0 aromatic heterocycles. The summed E-state index contributed by atoms with van der Waals surface area (Å²) in [5, 5.41) is 3.41. The van der Waals surface area contributed by atoms with Gasteiger partial charge in [-0.25, -0.2) is 0 Å². The van der Waals surface area contributed by atoms with Crippen LogP contribution in [0.15, 0.2) is 18.2 Å². The average molecular weight is 235 g/mol. The van der Waals surface area contributed by atoms with E-state index in [0.29, 0.717) is 6.04 Å². The molecule has 2 nitrogen and oxygen atoms in total. The first kappa shape index (κ1) is 14.0. The molecule has 96 valence electrons. The van der Waals surface area contributed by atoms with Crippen LogP contribution in [0.5, 0.6) is 5.75 Å². The maximum atomic E-state index is 5.80. The molecule has 17 heavy (non-hydrogen) atoms. The van der Waals surface area contributed by atoms with Gasteiger partial charge in [0.25, 0.3) is 0 Å². The van der Waals surface area contributed by atoms with Crippen LogP contribution >= 0.6 is 0 Å². The first-order valence-corrected chi connectivity index (χ1v) is 6.53. The fourth-order valence-corrected chi connectivity index (χ4v) is 1.68. The van der Waals surface area contributed by atoms with Crippen LogP contribution in [-0.2, 0) is 0 Å². The molecule has 0 unspecified atom stereocenters. The molecule has 1 N–H and O–H groups in total. The van der Waals surface area contributed by atoms with Crippen molar-refractivity contribution in [1.82, 2.24) is 5.32 Å². The van der Waals surface area contributed by atoms with Crippen molar-refractivity contribution in [2.75, 3.05) is 13.2 Å². The van der Waals surface area contributed by atoms with E-state index in [-0.39, 0.29) is 0 Å². The maximum Gasteiger partial charge on any atom is 0.122 e. The Hall–Kier alpha value is -1.02. The number of ether oxygens (including phenoxy) is 1. The second kappa shape index (κ2) is 7.33. The molecule has 0 bridgehead atoms. The molecule has 0 fully saturated rings. The average Bonchev–Trinajstić information content (AvgIpc) is 2.28. The van der Waals surface area contributed by atoms with E-state index in [1.165, 1.54) is 17.5 Å². The molecule has 0 aliphatic rings. The van der Waals surface area contributed by atoms with Crippen molar-refractivity contribution in [3.05, 3.63) is 29.3 Å². The van der Waals surface area contributed by atoms with Crippen molar-refractivity contribution < 1.29 is 4.74 Å². The van der Waals surface area contributed by atoms with Gasteiger partial charge in [-0.15, -0.1) is 0 Å². The number of hydrogen-bond donors (Lipinski definition) is 1. The third-order valence-corrected chi connectivity index (χ3v) is 2.94. The van der Waals surface area contributed by atoms with Gasteiger partial charge in [0.15, 0.2) is 0 Å². The predicted octanol–water partition coefficient (Wildman–Crippen LogP) is 3.46. The molecule has 0 heterocycles. The quantitative estimate of drug-likeness (QED) is 0.731. The SMILES string of the molecule is Cc1cccc(OCCCCNC(C)C)c1C. The highest BCUT2D eigenvalue weighted by Gasteiger charge is 2.01. The normalized spacial score (nSPS) is 10.9. The van der Waals surface area contributed by atoms with E-state index in [2.05, 4.69) is 51.2 Å². The fraction of sp³-hybridized carbons (Fsp3) is 0.600. The van der Waals surface area contributed by atoms with Gasteiger partial charge in [0.2, 0.25) is 0 Å². The van der Waals surface area contributed by atoms with Gasteiger partial charge >= 0.3 is 0 Å². The monoisotopic (exact) mass is 235 g/mol. The molecule has 0 radical (unpaired) electrons. The molecule has 1 rings (SSSR count). The molecule has 0 saturated heterocycles. The topological polar surface area (TPSA) is 21.3 Å². The predicted molar refractivity (Wildman–Crippen MR) is 73.8 cm³/mol. The van der Waals surface area contributed by atoms with Crippen molar-refractivity contribution in [3.63, 3.8) is 0 Å². The van der Waals surface area contributed by atoms with Gasteiger partial charge in [-0.05, 0) is 50.4 Å². The Balaban J connectivity index is 2.20. The number of benzene rings is 1. The number of rotatable bonds is 7. The number of hydrogen-bond acceptors (Lipinski definition) is 2. The minimum Gasteiger partial charge on any atom is -0.493 e. The largest absolute Gasteiger partial charge is 0.493 e. The number of aryl methyl sites for hydroxylation is 1. The van der Waals surface area contributed by atoms with E-state index in [9.17, 15) is 0 Å². The van der Waals surface area contributed by atoms with Gasteiger partial charge in [0.05, 0.1) is 6.61 Å². The summed E-state index contributed by atoms with van der Waals surface area (Å²) in [7, 11) is 0. The summed E-state index contributed by atoms with van der Waals surface area (Å²) < 4.78 is 5.80. The van der Waals surface area contributed by atoms with Crippen LogP contribution in [-0.4, -0.2) is 19.2 Å². The Morgan fingerprint density at radius 3 is 2.65 bits per heavy atom. The summed E-state index contributed by atoms with van der Waals surface area (Å²) in [4.78, 5) is 0. The minimum atomic E-state index is 0.579. The van der Waals surface area contributed by atoms with Crippen molar-refractivity contribution in [3.8, 4) is 5.75 Å². The highest BCUT2D eigenvalue weighted by Crippen LogP contribution is 2.20. The number of unbranched alkanes of at least 4 members (excludes halogenated alkanes) is 1. The van der Waals surface area contributed by atoms with Gasteiger partial charge < -0.3 is 10.1 Å². The zero-order chi connectivity index (χ0) is 12.7. The zero-order valence-corrected chi connectivity index (χ0v) is 11.5. The molecular formula is C15H25NO. The van der Waals surface area contributed by atoms with Gasteiger partial charge in [-0.3, -0.25) is 0 Å². The summed E-state index contributed by atoms with van der Waals surface area (Å²) in [6, 6.07) is 6.80. The summed E-state index contributed by atoms with van der Waals surface area (Å²) in [5.74, 6) is 1.03. The van der Waals surface area contributed by atoms with E-state index in [1.54, 1.807) is 0 Å². The molecule has 0 amide bonds. The first-order chi connectivity index (χ1) is 8.11. The van der Waals surface area contributed by atoms with Gasteiger partial charge in [0, 0.05) is 6.04 Å². The molecule has 0 saturated carbocycles. The lowest BCUT2D eigenvalue weighted by atomic mass is 10.1. The van der Waals surface area contributed by atoms with E-state index in [1.807, 2.05) is 0 Å². The van der Waals surface area contributed by atoms with Crippen LogP contribution in [0.3, 0.4) is 0 Å². The second-order valence-electron chi connectivity index (χ2n) is 4.86. The van der Waals surface area contributed by atoms with Crippen molar-refractivity contribution >= 4 is 0 Å². The zero-order valence-electron chi connectivity index (χ0n) is 11.5. The molecule has 2 heteroatoms. The molecule has 0 spiro atoms. The molecular weight excluding hydrogens is 210 g/mol. The highest BCUT2D eigenvalue weighted by molar-refractivity contribution is 5.38. The van der Waals surface area contributed by atoms with Crippen LogP contribution in [0.1, 0.15) is 37.8 Å². The summed E-state index contributed by atoms with van der Waals surface area (Å²) in [6.07, 6.45) is 2.27. The van der Waals surface area contributed by atoms with Crippen LogP contribution in [0.25, 0.3) is 0 Å². The lowest BCUT2D eigenvalue weighted by molar-refractivity contribution is 0.303. The van der Waals surface area contributed by atoms with Crippen molar-refractivity contribution in [2.24, 2.45) is 0 Å². The summed E-state index contributed by atoms with van der Waals surface area (Å²) in [5.41, 5.74) is 2.55. The Morgan fingerprint density at radius 2 is 1.94 bits per heavy atom. The molecule has 0 aliphatic carbocycles. The Labute approximate surface area is 105 Å². The van der Waals surface area contributed by atoms with Crippen molar-refractivity contribution in [1.29, 1.82) is 0 Å². The Morgan fingerprint density at radius 1 is 1.18 bits per heavy atom. The van der Waals surface area contributed by atoms with Crippen molar-refractivity contribution in [2.45, 2.75) is 46.6 Å². The third kappa shape index (κ3) is 5.22. The number of nitrogens with one attached hydrogen (secondary N) is 1. The summed E-state index contributed by atoms with van der Waals surface area (Å²) >= 11 is 0. The standard InChI is InChI=1S/C15H25NO/c1-12(2)16-10-5-6-11-17-15-9-7-8-13(3)14(15)4/h7-9,12,16H,5-6,10-11H2,1-4H3. The molecule has 0 atom stereocenters. The van der Waals surface area contributed by atoms with Gasteiger partial charge in [-0.2, -0.15) is 0 Å². The Bertz CT molecular complexity index is 334. The van der Waals surface area contributed by atoms with Crippen LogP contribution in [0, 0.1) is 13.8 Å². The second-order valence-corrected chi connectivity index (χ2v) is 4.86. The van der Waals surface area contributed by atoms with E-state index in [4.69, 9.17) is 4.74 Å². The first-order valence-electron chi connectivity index (χ1n) is 6.53. The van der Waals surface area contributed by atoms with Crippen LogP contribution < -0.4 is 10.1 Å². The lowest BCUT2D eigenvalue weighted by Crippen LogP contribution is -2.23. The van der Waals surface area contributed by atoms with Gasteiger partial charge in [0.1, 0.15) is 5.75 Å². The minimum absolute atomic E-state index is 0.579. The smallest absolute Gasteiger partial charge is 0.122 e. The van der Waals surface area contributed by atoms with E-state index >= 15 is 0 Å². The molecule has 1 aromatic carbocycles. The molecule has 1 aromatic rings. The van der Waals surface area contributed by atoms with E-state index < -0.39 is 0 Å². The van der Waals surface area contributed by atoms with Gasteiger partial charge in [-0.1, -0.05) is 26.0 Å².